The van der Waals surface area contributed by atoms with E-state index in [4.69, 9.17) is 12.6 Å². The highest BCUT2D eigenvalue weighted by atomic mass is 16.5. The van der Waals surface area contributed by atoms with E-state index in [0.29, 0.717) is 28.5 Å². The van der Waals surface area contributed by atoms with Crippen LogP contribution in [0.25, 0.3) is 0 Å². The molecule has 0 bridgehead atoms. The van der Waals surface area contributed by atoms with E-state index in [9.17, 15) is 4.79 Å². The van der Waals surface area contributed by atoms with Crippen LogP contribution in [0.3, 0.4) is 0 Å². The molecule has 0 aliphatic heterocycles. The Morgan fingerprint density at radius 3 is 2.26 bits per heavy atom. The molecule has 0 heterocycles. The number of hydrogen-bond donors (Lipinski definition) is 0. The van der Waals surface area contributed by atoms with Gasteiger partial charge in [-0.15, -0.1) is 0 Å². The van der Waals surface area contributed by atoms with Gasteiger partial charge in [-0.1, -0.05) is 91.1 Å². The van der Waals surface area contributed by atoms with Crippen LogP contribution in [0, 0.1) is 45.3 Å². The quantitative estimate of drug-likeness (QED) is 0.216. The summed E-state index contributed by atoms with van der Waals surface area (Å²) < 4.78 is 5.87. The molecule has 0 aromatic carbocycles. The molecule has 8 atom stereocenters. The third-order valence-corrected chi connectivity index (χ3v) is 12.6. The highest BCUT2D eigenvalue weighted by Gasteiger charge is 2.63. The van der Waals surface area contributed by atoms with Crippen LogP contribution in [-0.4, -0.2) is 19.9 Å². The number of allylic oxidation sites excluding steroid dienone is 2. The van der Waals surface area contributed by atoms with Crippen LogP contribution in [0.4, 0.5) is 0 Å². The van der Waals surface area contributed by atoms with E-state index >= 15 is 0 Å². The van der Waals surface area contributed by atoms with Crippen LogP contribution in [0.5, 0.6) is 0 Å². The van der Waals surface area contributed by atoms with Crippen molar-refractivity contribution in [1.82, 2.24) is 0 Å². The van der Waals surface area contributed by atoms with Gasteiger partial charge in [0.05, 0.1) is 7.85 Å². The van der Waals surface area contributed by atoms with Gasteiger partial charge in [0.25, 0.3) is 0 Å². The van der Waals surface area contributed by atoms with Gasteiger partial charge in [-0.25, -0.2) is 0 Å². The second-order valence-corrected chi connectivity index (χ2v) is 14.8. The van der Waals surface area contributed by atoms with E-state index in [1.54, 1.807) is 6.92 Å². The van der Waals surface area contributed by atoms with Crippen molar-refractivity contribution in [3.63, 3.8) is 0 Å². The van der Waals surface area contributed by atoms with E-state index < -0.39 is 0 Å². The summed E-state index contributed by atoms with van der Waals surface area (Å²) in [6, 6.07) is 0. The van der Waals surface area contributed by atoms with Gasteiger partial charge in [-0.2, -0.15) is 0 Å². The largest absolute Gasteiger partial charge is 0.462 e. The molecule has 4 aliphatic rings. The van der Waals surface area contributed by atoms with Gasteiger partial charge in [0.15, 0.2) is 0 Å². The standard InChI is InChI=1S/C32H53BO2/c1-20(2)26(33)12-10-21(3)23-14-18-32(9)25-11-13-27-29(5,6)28(35-22(4)34)16-17-30(27,7)24(25)15-19-31(23,32)8/h20-21,23,26-28H,10-19H2,1-9H3/t21-,23-,26?,27?,28?,30-,31-,32+/m1/s1. The highest BCUT2D eigenvalue weighted by molar-refractivity contribution is 6.11. The predicted octanol–water partition coefficient (Wildman–Crippen LogP) is 8.70. The molecular weight excluding hydrogens is 427 g/mol. The Morgan fingerprint density at radius 2 is 1.63 bits per heavy atom. The first kappa shape index (κ1) is 27.3. The number of esters is 1. The van der Waals surface area contributed by atoms with Crippen molar-refractivity contribution in [1.29, 1.82) is 0 Å². The van der Waals surface area contributed by atoms with Gasteiger partial charge in [-0.05, 0) is 85.4 Å². The molecule has 0 amide bonds. The lowest BCUT2D eigenvalue weighted by Crippen LogP contribution is -2.55. The molecule has 2 nitrogen and oxygen atoms in total. The molecule has 35 heavy (non-hydrogen) atoms. The number of ether oxygens (including phenoxy) is 1. The lowest BCUT2D eigenvalue weighted by Gasteiger charge is -2.62. The summed E-state index contributed by atoms with van der Waals surface area (Å²) in [6.45, 7) is 21.2. The third kappa shape index (κ3) is 4.18. The average molecular weight is 481 g/mol. The molecule has 0 spiro atoms. The molecule has 0 aromatic heterocycles. The minimum absolute atomic E-state index is 0.0285. The summed E-state index contributed by atoms with van der Waals surface area (Å²) >= 11 is 0. The zero-order chi connectivity index (χ0) is 26.0. The topological polar surface area (TPSA) is 26.3 Å². The summed E-state index contributed by atoms with van der Waals surface area (Å²) in [4.78, 5) is 11.8. The minimum Gasteiger partial charge on any atom is -0.462 e. The Kier molecular flexibility index (Phi) is 7.20. The molecule has 2 saturated carbocycles. The Morgan fingerprint density at radius 1 is 0.943 bits per heavy atom. The van der Waals surface area contributed by atoms with Crippen LogP contribution in [0.2, 0.25) is 5.82 Å². The van der Waals surface area contributed by atoms with Crippen LogP contribution in [0.1, 0.15) is 127 Å². The number of rotatable bonds is 6. The summed E-state index contributed by atoms with van der Waals surface area (Å²) in [7, 11) is 6.44. The van der Waals surface area contributed by atoms with Crippen molar-refractivity contribution in [2.75, 3.05) is 0 Å². The maximum atomic E-state index is 11.8. The number of fused-ring (bicyclic) bond motifs is 4. The number of carbonyl (C=O) groups is 1. The SMILES string of the molecule is [B]C(CC[C@@H](C)[C@H]1CC[C@@]2(C)C3=C(CC[C@]12C)[C@@]1(C)CCC(OC(C)=O)C(C)(C)C1CC3)C(C)C. The lowest BCUT2D eigenvalue weighted by atomic mass is 9.43. The van der Waals surface area contributed by atoms with Gasteiger partial charge < -0.3 is 4.74 Å². The van der Waals surface area contributed by atoms with Gasteiger partial charge in [0, 0.05) is 12.3 Å². The second kappa shape index (κ2) is 9.23. The highest BCUT2D eigenvalue weighted by Crippen LogP contribution is 2.72. The first-order chi connectivity index (χ1) is 16.2. The van der Waals surface area contributed by atoms with Crippen molar-refractivity contribution < 1.29 is 9.53 Å². The van der Waals surface area contributed by atoms with E-state index in [1.807, 2.05) is 11.1 Å². The first-order valence-electron chi connectivity index (χ1n) is 14.8. The van der Waals surface area contributed by atoms with E-state index in [2.05, 4.69) is 55.4 Å². The third-order valence-electron chi connectivity index (χ3n) is 12.6. The van der Waals surface area contributed by atoms with Gasteiger partial charge >= 0.3 is 5.97 Å². The number of hydrogen-bond acceptors (Lipinski definition) is 2. The molecule has 0 aromatic rings. The Hall–Kier alpha value is -0.725. The molecule has 4 aliphatic carbocycles. The van der Waals surface area contributed by atoms with E-state index in [-0.39, 0.29) is 22.9 Å². The van der Waals surface area contributed by atoms with Crippen LogP contribution in [0.15, 0.2) is 11.1 Å². The fourth-order valence-electron chi connectivity index (χ4n) is 10.0. The molecule has 3 unspecified atom stereocenters. The Bertz CT molecular complexity index is 858. The van der Waals surface area contributed by atoms with E-state index in [0.717, 1.165) is 31.1 Å². The molecular formula is C32H53BO2. The minimum atomic E-state index is -0.121. The van der Waals surface area contributed by atoms with Crippen molar-refractivity contribution in [2.24, 2.45) is 45.3 Å². The van der Waals surface area contributed by atoms with Crippen molar-refractivity contribution in [2.45, 2.75) is 138 Å². The maximum absolute atomic E-state index is 11.8. The van der Waals surface area contributed by atoms with Crippen molar-refractivity contribution in [3.8, 4) is 0 Å². The fourth-order valence-corrected chi connectivity index (χ4v) is 10.0. The summed E-state index contributed by atoms with van der Waals surface area (Å²) in [5, 5.41) is 0. The van der Waals surface area contributed by atoms with Crippen LogP contribution < -0.4 is 0 Å². The smallest absolute Gasteiger partial charge is 0.302 e. The summed E-state index contributed by atoms with van der Waals surface area (Å²) in [5.41, 5.74) is 4.69. The molecule has 3 heteroatoms. The van der Waals surface area contributed by atoms with Gasteiger partial charge in [-0.3, -0.25) is 4.79 Å². The second-order valence-electron chi connectivity index (χ2n) is 14.8. The molecule has 0 N–H and O–H groups in total. The Balaban J connectivity index is 1.60. The molecule has 196 valence electrons. The zero-order valence-electron chi connectivity index (χ0n) is 24.4. The van der Waals surface area contributed by atoms with Crippen molar-refractivity contribution >= 4 is 13.8 Å². The van der Waals surface area contributed by atoms with Crippen LogP contribution in [-0.2, 0) is 9.53 Å². The molecule has 2 fully saturated rings. The summed E-state index contributed by atoms with van der Waals surface area (Å²) in [6.07, 6.45) is 12.5. The normalized spacial score (nSPS) is 42.2. The molecule has 4 rings (SSSR count). The summed E-state index contributed by atoms with van der Waals surface area (Å²) in [5.74, 6) is 2.93. The Labute approximate surface area is 218 Å². The average Bonchev–Trinajstić information content (AvgIpc) is 3.05. The maximum Gasteiger partial charge on any atom is 0.302 e. The van der Waals surface area contributed by atoms with Gasteiger partial charge in [0.1, 0.15) is 6.10 Å². The van der Waals surface area contributed by atoms with Crippen molar-refractivity contribution in [3.05, 3.63) is 11.1 Å². The van der Waals surface area contributed by atoms with Crippen LogP contribution >= 0.6 is 0 Å². The first-order valence-corrected chi connectivity index (χ1v) is 14.8. The lowest BCUT2D eigenvalue weighted by molar-refractivity contribution is -0.167. The number of carbonyl (C=O) groups excluding carboxylic acids is 1. The van der Waals surface area contributed by atoms with E-state index in [1.165, 1.54) is 44.9 Å². The van der Waals surface area contributed by atoms with Gasteiger partial charge in [0.2, 0.25) is 0 Å². The predicted molar refractivity (Wildman–Crippen MR) is 147 cm³/mol. The molecule has 2 radical (unpaired) electrons. The molecule has 0 saturated heterocycles. The monoisotopic (exact) mass is 480 g/mol. The fraction of sp³-hybridized carbons (Fsp3) is 0.906. The zero-order valence-corrected chi connectivity index (χ0v) is 24.4.